The first-order valence-corrected chi connectivity index (χ1v) is 8.89. The van der Waals surface area contributed by atoms with Crippen LogP contribution in [0.15, 0.2) is 0 Å². The summed E-state index contributed by atoms with van der Waals surface area (Å²) in [4.78, 5) is 6.47. The first-order chi connectivity index (χ1) is 11.0. The van der Waals surface area contributed by atoms with Crippen LogP contribution in [-0.4, -0.2) is 101 Å². The molecule has 0 bridgehead atoms. The number of hydrogen-bond donors (Lipinski definition) is 0. The molecule has 3 rings (SSSR count). The van der Waals surface area contributed by atoms with Crippen LogP contribution in [0.2, 0.25) is 0 Å². The fraction of sp³-hybridized carbons (Fsp3) is 1.00. The summed E-state index contributed by atoms with van der Waals surface area (Å²) in [6.45, 7) is 7.59. The van der Waals surface area contributed by atoms with E-state index >= 15 is 0 Å². The summed E-state index contributed by atoms with van der Waals surface area (Å²) in [5, 5.41) is 0. The zero-order valence-electron chi connectivity index (χ0n) is 15.1. The van der Waals surface area contributed by atoms with Crippen molar-refractivity contribution in [3.05, 3.63) is 0 Å². The van der Waals surface area contributed by atoms with Crippen molar-refractivity contribution in [2.24, 2.45) is 0 Å². The number of hydrogen-bond acceptors (Lipinski definition) is 4. The van der Waals surface area contributed by atoms with Crippen molar-refractivity contribution in [3.8, 4) is 0 Å². The topological polar surface area (TPSA) is 19.0 Å². The Labute approximate surface area is 140 Å². The minimum atomic E-state index is -0.561. The smallest absolute Gasteiger partial charge is 0.113 e. The van der Waals surface area contributed by atoms with E-state index in [1.807, 2.05) is 19.0 Å². The van der Waals surface area contributed by atoms with Gasteiger partial charge in [-0.15, -0.1) is 0 Å². The molecule has 0 radical (unpaired) electrons. The minimum Gasteiger partial charge on any atom is -0.379 e. The van der Waals surface area contributed by atoms with E-state index in [0.717, 1.165) is 71.6 Å². The van der Waals surface area contributed by atoms with Crippen LogP contribution >= 0.6 is 0 Å². The third-order valence-corrected chi connectivity index (χ3v) is 4.45. The second-order valence-electron chi connectivity index (χ2n) is 6.90. The van der Waals surface area contributed by atoms with Crippen LogP contribution in [0, 0.1) is 0 Å². The molecule has 0 spiro atoms. The molecule has 0 aromatic heterocycles. The highest BCUT2D eigenvalue weighted by Crippen LogP contribution is 2.11. The molecule has 23 heavy (non-hydrogen) atoms. The van der Waals surface area contributed by atoms with E-state index in [4.69, 9.17) is 4.74 Å². The number of likely N-dealkylation sites (tertiary alicyclic amines) is 2. The fourth-order valence-electron chi connectivity index (χ4n) is 2.74. The highest BCUT2D eigenvalue weighted by molar-refractivity contribution is 4.68. The van der Waals surface area contributed by atoms with Gasteiger partial charge in [-0.05, 0) is 53.4 Å². The highest BCUT2D eigenvalue weighted by atomic mass is 19.1. The third-order valence-electron chi connectivity index (χ3n) is 4.45. The molecule has 1 unspecified atom stereocenters. The predicted octanol–water partition coefficient (Wildman–Crippen LogP) is 2.05. The summed E-state index contributed by atoms with van der Waals surface area (Å²) >= 11 is 0. The molecule has 6 heteroatoms. The van der Waals surface area contributed by atoms with E-state index in [2.05, 4.69) is 16.8 Å². The second kappa shape index (κ2) is 12.1. The summed E-state index contributed by atoms with van der Waals surface area (Å²) in [6.07, 6.45) is 2.18. The maximum Gasteiger partial charge on any atom is 0.113 e. The number of alkyl halides is 2. The zero-order valence-corrected chi connectivity index (χ0v) is 15.1. The molecular formula is C17H35F2N3O. The highest BCUT2D eigenvalue weighted by Gasteiger charge is 2.15. The average molecular weight is 335 g/mol. The maximum atomic E-state index is 12.4. The number of likely N-dealkylation sites (N-methyl/N-ethyl adjacent to an activating group) is 1. The van der Waals surface area contributed by atoms with Crippen molar-refractivity contribution < 1.29 is 13.5 Å². The van der Waals surface area contributed by atoms with Crippen LogP contribution < -0.4 is 0 Å². The molecule has 0 aliphatic carbocycles. The third kappa shape index (κ3) is 11.0. The van der Waals surface area contributed by atoms with Gasteiger partial charge in [0.1, 0.15) is 12.3 Å². The van der Waals surface area contributed by atoms with Gasteiger partial charge in [0.2, 0.25) is 0 Å². The Hall–Kier alpha value is -0.300. The van der Waals surface area contributed by atoms with E-state index < -0.39 is 12.3 Å². The fourth-order valence-corrected chi connectivity index (χ4v) is 2.74. The summed E-state index contributed by atoms with van der Waals surface area (Å²) in [5.41, 5.74) is 0. The molecule has 0 N–H and O–H groups in total. The van der Waals surface area contributed by atoms with Gasteiger partial charge in [-0.3, -0.25) is 0 Å². The molecule has 3 aliphatic rings. The van der Waals surface area contributed by atoms with Crippen LogP contribution in [0.1, 0.15) is 25.7 Å². The minimum absolute atomic E-state index is 0.522. The second-order valence-corrected chi connectivity index (χ2v) is 6.90. The molecule has 1 atom stereocenters. The number of piperidine rings is 2. The standard InChI is InChI=1S/2C6H12FN.C5H11NO/c1-8-4-2-6(7)3-5-8;1-8-4-2-3-6(7)5-8;1-6-2-4-7-5-3-6/h2*6H,2-5H2,1H3;2-5H2,1H3. The number of nitrogens with zero attached hydrogens (tertiary/aromatic N) is 3. The SMILES string of the molecule is CN1CCC(F)CC1.CN1CCCC(F)C1.CN1CCOCC1. The molecule has 3 fully saturated rings. The summed E-state index contributed by atoms with van der Waals surface area (Å²) in [5.74, 6) is 0. The van der Waals surface area contributed by atoms with Gasteiger partial charge in [-0.1, -0.05) is 0 Å². The molecule has 0 aromatic rings. The van der Waals surface area contributed by atoms with E-state index in [1.165, 1.54) is 0 Å². The molecular weight excluding hydrogens is 300 g/mol. The van der Waals surface area contributed by atoms with Gasteiger partial charge < -0.3 is 19.4 Å². The van der Waals surface area contributed by atoms with Crippen molar-refractivity contribution in [2.45, 2.75) is 38.0 Å². The Balaban J connectivity index is 0.000000173. The lowest BCUT2D eigenvalue weighted by atomic mass is 10.1. The number of morpholine rings is 1. The van der Waals surface area contributed by atoms with Gasteiger partial charge in [0.25, 0.3) is 0 Å². The van der Waals surface area contributed by atoms with Crippen LogP contribution in [0.4, 0.5) is 8.78 Å². The predicted molar refractivity (Wildman–Crippen MR) is 91.6 cm³/mol. The summed E-state index contributed by atoms with van der Waals surface area (Å²) in [7, 11) is 6.11. The van der Waals surface area contributed by atoms with Gasteiger partial charge in [-0.25, -0.2) is 8.78 Å². The molecule has 3 saturated heterocycles. The van der Waals surface area contributed by atoms with Crippen LogP contribution in [0.5, 0.6) is 0 Å². The normalized spacial score (nSPS) is 28.3. The molecule has 3 aliphatic heterocycles. The maximum absolute atomic E-state index is 12.4. The Bertz CT molecular complexity index is 265. The van der Waals surface area contributed by atoms with E-state index in [9.17, 15) is 8.78 Å². The lowest BCUT2D eigenvalue weighted by Gasteiger charge is -2.24. The monoisotopic (exact) mass is 335 g/mol. The van der Waals surface area contributed by atoms with Crippen molar-refractivity contribution in [2.75, 3.05) is 73.6 Å². The van der Waals surface area contributed by atoms with Gasteiger partial charge in [0.15, 0.2) is 0 Å². The lowest BCUT2D eigenvalue weighted by Crippen LogP contribution is -2.32. The van der Waals surface area contributed by atoms with Crippen molar-refractivity contribution in [1.29, 1.82) is 0 Å². The molecule has 0 amide bonds. The van der Waals surface area contributed by atoms with Crippen LogP contribution in [0.25, 0.3) is 0 Å². The van der Waals surface area contributed by atoms with Crippen LogP contribution in [-0.2, 0) is 4.74 Å². The Morgan fingerprint density at radius 1 is 0.696 bits per heavy atom. The number of halogens is 2. The van der Waals surface area contributed by atoms with Gasteiger partial charge in [0.05, 0.1) is 13.2 Å². The molecule has 138 valence electrons. The Morgan fingerprint density at radius 2 is 1.26 bits per heavy atom. The van der Waals surface area contributed by atoms with Crippen LogP contribution in [0.3, 0.4) is 0 Å². The van der Waals surface area contributed by atoms with Gasteiger partial charge in [0, 0.05) is 32.7 Å². The Kier molecular flexibility index (Phi) is 10.9. The van der Waals surface area contributed by atoms with Crippen molar-refractivity contribution >= 4 is 0 Å². The first kappa shape index (κ1) is 20.7. The Morgan fingerprint density at radius 3 is 1.61 bits per heavy atom. The van der Waals surface area contributed by atoms with Gasteiger partial charge in [-0.2, -0.15) is 0 Å². The zero-order chi connectivity index (χ0) is 17.1. The van der Waals surface area contributed by atoms with Gasteiger partial charge >= 0.3 is 0 Å². The van der Waals surface area contributed by atoms with Crippen molar-refractivity contribution in [3.63, 3.8) is 0 Å². The lowest BCUT2D eigenvalue weighted by molar-refractivity contribution is 0.0503. The van der Waals surface area contributed by atoms with E-state index in [1.54, 1.807) is 0 Å². The summed E-state index contributed by atoms with van der Waals surface area (Å²) < 4.78 is 29.8. The number of rotatable bonds is 0. The molecule has 0 aromatic carbocycles. The van der Waals surface area contributed by atoms with E-state index in [0.29, 0.717) is 6.54 Å². The number of ether oxygens (including phenoxy) is 1. The quantitative estimate of drug-likeness (QED) is 0.674. The summed E-state index contributed by atoms with van der Waals surface area (Å²) in [6, 6.07) is 0. The molecule has 3 heterocycles. The molecule has 0 saturated carbocycles. The largest absolute Gasteiger partial charge is 0.379 e. The molecule has 4 nitrogen and oxygen atoms in total. The van der Waals surface area contributed by atoms with Crippen molar-refractivity contribution in [1.82, 2.24) is 14.7 Å². The van der Waals surface area contributed by atoms with E-state index in [-0.39, 0.29) is 0 Å². The first-order valence-electron chi connectivity index (χ1n) is 8.89. The average Bonchev–Trinajstić information content (AvgIpc) is 2.52.